The Morgan fingerprint density at radius 3 is 1.30 bits per heavy atom. The monoisotopic (exact) mass is 340 g/mol. The van der Waals surface area contributed by atoms with Gasteiger partial charge in [-0.1, -0.05) is 11.8 Å². The van der Waals surface area contributed by atoms with Gasteiger partial charge in [-0.2, -0.15) is 0 Å². The van der Waals surface area contributed by atoms with Gasteiger partial charge in [-0.15, -0.1) is 0 Å². The zero-order valence-electron chi connectivity index (χ0n) is 11.5. The number of alkyl halides is 2. The molecule has 120 valence electrons. The van der Waals surface area contributed by atoms with Crippen molar-refractivity contribution in [2.24, 2.45) is 0 Å². The van der Waals surface area contributed by atoms with Crippen LogP contribution in [0.4, 0.5) is 20.2 Å². The van der Waals surface area contributed by atoms with Crippen molar-refractivity contribution in [1.29, 1.82) is 0 Å². The Hall–Kier alpha value is -2.55. The summed E-state index contributed by atoms with van der Waals surface area (Å²) >= 11 is 0.361. The third-order valence-corrected chi connectivity index (χ3v) is 3.99. The first-order chi connectivity index (χ1) is 10.9. The number of benzene rings is 2. The van der Waals surface area contributed by atoms with Crippen molar-refractivity contribution in [3.05, 3.63) is 79.9 Å². The molecule has 0 N–H and O–H groups in total. The molecule has 2 rings (SSSR count). The fourth-order valence-electron chi connectivity index (χ4n) is 1.76. The van der Waals surface area contributed by atoms with Crippen molar-refractivity contribution in [3.63, 3.8) is 0 Å². The average molecular weight is 340 g/mol. The smallest absolute Gasteiger partial charge is 0.258 e. The van der Waals surface area contributed by atoms with E-state index in [0.717, 1.165) is 24.3 Å². The standard InChI is InChI=1S/C14H10F2N2O4S/c15-13(9-1-5-11(6-2-9)17(19)20)23-14(16)10-3-7-12(8-4-10)18(21)22/h1-8,13-14H. The number of nitrogens with zero attached hydrogens (tertiary/aromatic N) is 2. The molecule has 0 saturated carbocycles. The van der Waals surface area contributed by atoms with Crippen molar-refractivity contribution < 1.29 is 18.6 Å². The third-order valence-electron chi connectivity index (χ3n) is 2.97. The Morgan fingerprint density at radius 2 is 1.04 bits per heavy atom. The number of nitro groups is 2. The lowest BCUT2D eigenvalue weighted by Gasteiger charge is -2.12. The van der Waals surface area contributed by atoms with Crippen LogP contribution in [-0.2, 0) is 0 Å². The fourth-order valence-corrected chi connectivity index (χ4v) is 2.60. The molecule has 2 unspecified atom stereocenters. The van der Waals surface area contributed by atoms with Gasteiger partial charge >= 0.3 is 0 Å². The van der Waals surface area contributed by atoms with Crippen molar-refractivity contribution in [1.82, 2.24) is 0 Å². The number of nitro benzene ring substituents is 2. The second kappa shape index (κ2) is 7.14. The highest BCUT2D eigenvalue weighted by Gasteiger charge is 2.20. The van der Waals surface area contributed by atoms with Crippen molar-refractivity contribution in [3.8, 4) is 0 Å². The first-order valence-electron chi connectivity index (χ1n) is 6.31. The number of halogens is 2. The molecule has 23 heavy (non-hydrogen) atoms. The first-order valence-corrected chi connectivity index (χ1v) is 7.25. The van der Waals surface area contributed by atoms with Crippen molar-refractivity contribution >= 4 is 23.1 Å². The summed E-state index contributed by atoms with van der Waals surface area (Å²) in [7, 11) is 0. The van der Waals surface area contributed by atoms with E-state index < -0.39 is 20.9 Å². The lowest BCUT2D eigenvalue weighted by Crippen LogP contribution is -1.94. The molecule has 0 aliphatic heterocycles. The maximum Gasteiger partial charge on any atom is 0.269 e. The van der Waals surface area contributed by atoms with Crippen LogP contribution in [-0.4, -0.2) is 9.85 Å². The van der Waals surface area contributed by atoms with Crippen LogP contribution in [0.5, 0.6) is 0 Å². The minimum Gasteiger partial charge on any atom is -0.258 e. The highest BCUT2D eigenvalue weighted by Crippen LogP contribution is 2.42. The minimum atomic E-state index is -1.72. The van der Waals surface area contributed by atoms with Gasteiger partial charge in [-0.05, 0) is 35.4 Å². The molecule has 2 aromatic rings. The minimum absolute atomic E-state index is 0.102. The van der Waals surface area contributed by atoms with Gasteiger partial charge in [0.15, 0.2) is 11.0 Å². The SMILES string of the molecule is O=[N+]([O-])c1ccc(C(F)SC(F)c2ccc([N+](=O)[O-])cc2)cc1. The second-order valence-electron chi connectivity index (χ2n) is 4.47. The number of non-ortho nitro benzene ring substituents is 2. The number of hydrogen-bond acceptors (Lipinski definition) is 5. The summed E-state index contributed by atoms with van der Waals surface area (Å²) < 4.78 is 28.1. The summed E-state index contributed by atoms with van der Waals surface area (Å²) in [6, 6.07) is 9.44. The molecule has 0 radical (unpaired) electrons. The third kappa shape index (κ3) is 4.22. The van der Waals surface area contributed by atoms with E-state index in [-0.39, 0.29) is 22.5 Å². The van der Waals surface area contributed by atoms with Crippen LogP contribution in [0.25, 0.3) is 0 Å². The molecule has 0 saturated heterocycles. The van der Waals surface area contributed by atoms with E-state index in [2.05, 4.69) is 0 Å². The Kier molecular flexibility index (Phi) is 5.22. The van der Waals surface area contributed by atoms with E-state index in [1.54, 1.807) is 0 Å². The molecule has 0 aromatic heterocycles. The summed E-state index contributed by atoms with van der Waals surface area (Å²) in [4.78, 5) is 19.8. The van der Waals surface area contributed by atoms with E-state index >= 15 is 0 Å². The molecule has 0 aliphatic rings. The molecule has 2 atom stereocenters. The molecular formula is C14H10F2N2O4S. The lowest BCUT2D eigenvalue weighted by molar-refractivity contribution is -0.385. The van der Waals surface area contributed by atoms with Crippen molar-refractivity contribution in [2.45, 2.75) is 11.0 Å². The topological polar surface area (TPSA) is 86.3 Å². The average Bonchev–Trinajstić information content (AvgIpc) is 2.54. The van der Waals surface area contributed by atoms with Crippen LogP contribution in [0.15, 0.2) is 48.5 Å². The summed E-state index contributed by atoms with van der Waals surface area (Å²) in [6.07, 6.45) is 0. The summed E-state index contributed by atoms with van der Waals surface area (Å²) in [5.41, 5.74) is -3.60. The zero-order chi connectivity index (χ0) is 17.0. The van der Waals surface area contributed by atoms with Gasteiger partial charge in [0.1, 0.15) is 0 Å². The Balaban J connectivity index is 2.05. The van der Waals surface area contributed by atoms with Crippen LogP contribution < -0.4 is 0 Å². The van der Waals surface area contributed by atoms with Crippen LogP contribution in [0.3, 0.4) is 0 Å². The van der Waals surface area contributed by atoms with Gasteiger partial charge in [0.05, 0.1) is 9.85 Å². The molecule has 0 aliphatic carbocycles. The highest BCUT2D eigenvalue weighted by molar-refractivity contribution is 7.99. The van der Waals surface area contributed by atoms with E-state index in [1.807, 2.05) is 0 Å². The molecule has 0 fully saturated rings. The van der Waals surface area contributed by atoms with E-state index in [1.165, 1.54) is 24.3 Å². The van der Waals surface area contributed by atoms with E-state index in [4.69, 9.17) is 0 Å². The van der Waals surface area contributed by atoms with Gasteiger partial charge in [0.25, 0.3) is 11.4 Å². The van der Waals surface area contributed by atoms with Crippen LogP contribution in [0, 0.1) is 20.2 Å². The molecule has 2 aromatic carbocycles. The van der Waals surface area contributed by atoms with Crippen LogP contribution in [0.1, 0.15) is 22.1 Å². The Labute approximate surface area is 133 Å². The number of hydrogen-bond donors (Lipinski definition) is 0. The molecule has 0 amide bonds. The van der Waals surface area contributed by atoms with Gasteiger partial charge in [0.2, 0.25) is 0 Å². The Morgan fingerprint density at radius 1 is 0.739 bits per heavy atom. The quantitative estimate of drug-likeness (QED) is 0.553. The largest absolute Gasteiger partial charge is 0.269 e. The predicted octanol–water partition coefficient (Wildman–Crippen LogP) is 4.87. The Bertz CT molecular complexity index is 648. The molecule has 0 bridgehead atoms. The first kappa shape index (κ1) is 16.8. The number of thioether (sulfide) groups is 1. The van der Waals surface area contributed by atoms with Gasteiger partial charge in [-0.3, -0.25) is 20.2 Å². The molecule has 0 spiro atoms. The molecule has 9 heteroatoms. The fraction of sp³-hybridized carbons (Fsp3) is 0.143. The maximum atomic E-state index is 14.1. The zero-order valence-corrected chi connectivity index (χ0v) is 12.3. The summed E-state index contributed by atoms with van der Waals surface area (Å²) in [5.74, 6) is 0. The van der Waals surface area contributed by atoms with Crippen LogP contribution in [0.2, 0.25) is 0 Å². The summed E-state index contributed by atoms with van der Waals surface area (Å²) in [6.45, 7) is 0. The van der Waals surface area contributed by atoms with E-state index in [0.29, 0.717) is 11.8 Å². The summed E-state index contributed by atoms with van der Waals surface area (Å²) in [5, 5.41) is 21.0. The van der Waals surface area contributed by atoms with Crippen molar-refractivity contribution in [2.75, 3.05) is 0 Å². The normalized spacial score (nSPS) is 13.3. The van der Waals surface area contributed by atoms with Gasteiger partial charge in [-0.25, -0.2) is 8.78 Å². The lowest BCUT2D eigenvalue weighted by atomic mass is 10.2. The predicted molar refractivity (Wildman–Crippen MR) is 81.5 cm³/mol. The maximum absolute atomic E-state index is 14.1. The van der Waals surface area contributed by atoms with Crippen LogP contribution >= 0.6 is 11.8 Å². The highest BCUT2D eigenvalue weighted by atomic mass is 32.2. The number of rotatable bonds is 6. The molecule has 6 nitrogen and oxygen atoms in total. The van der Waals surface area contributed by atoms with Gasteiger partial charge < -0.3 is 0 Å². The molecular weight excluding hydrogens is 330 g/mol. The van der Waals surface area contributed by atoms with Gasteiger partial charge in [0, 0.05) is 24.3 Å². The van der Waals surface area contributed by atoms with E-state index in [9.17, 15) is 29.0 Å². The second-order valence-corrected chi connectivity index (χ2v) is 5.57. The molecule has 0 heterocycles.